The molecule has 1 unspecified atom stereocenters. The number of hydrogen-bond acceptors (Lipinski definition) is 2. The molecule has 0 amide bonds. The van der Waals surface area contributed by atoms with Gasteiger partial charge in [0.15, 0.2) is 0 Å². The normalized spacial score (nSPS) is 12.6. The van der Waals surface area contributed by atoms with E-state index in [1.165, 1.54) is 0 Å². The number of anilines is 1. The fourth-order valence-corrected chi connectivity index (χ4v) is 1.93. The van der Waals surface area contributed by atoms with Crippen LogP contribution >= 0.6 is 39.1 Å². The zero-order valence-electron chi connectivity index (χ0n) is 7.97. The van der Waals surface area contributed by atoms with Gasteiger partial charge in [0.25, 0.3) is 0 Å². The molecule has 1 aromatic rings. The van der Waals surface area contributed by atoms with E-state index in [9.17, 15) is 0 Å². The molecule has 0 fully saturated rings. The Hall–Kier alpha value is 0.01000. The van der Waals surface area contributed by atoms with Crippen molar-refractivity contribution in [3.05, 3.63) is 22.3 Å². The van der Waals surface area contributed by atoms with Crippen LogP contribution in [-0.2, 0) is 0 Å². The minimum Gasteiger partial charge on any atom is -0.355 e. The number of pyridine rings is 1. The molecule has 0 N–H and O–H groups in total. The predicted molar refractivity (Wildman–Crippen MR) is 65.9 cm³/mol. The van der Waals surface area contributed by atoms with Gasteiger partial charge in [-0.1, -0.05) is 39.1 Å². The highest BCUT2D eigenvalue weighted by Crippen LogP contribution is 2.26. The number of alkyl halides is 1. The van der Waals surface area contributed by atoms with Crippen LogP contribution in [0.4, 0.5) is 5.82 Å². The molecule has 0 aliphatic carbocycles. The molecule has 0 aromatic carbocycles. The molecule has 1 aromatic heterocycles. The fraction of sp³-hybridized carbons (Fsp3) is 0.444. The van der Waals surface area contributed by atoms with E-state index in [4.69, 9.17) is 23.2 Å². The van der Waals surface area contributed by atoms with Crippen molar-refractivity contribution in [2.75, 3.05) is 17.3 Å². The first-order valence-corrected chi connectivity index (χ1v) is 6.04. The van der Waals surface area contributed by atoms with Gasteiger partial charge in [-0.3, -0.25) is 0 Å². The van der Waals surface area contributed by atoms with Gasteiger partial charge in [-0.2, -0.15) is 0 Å². The lowest BCUT2D eigenvalue weighted by Gasteiger charge is -2.25. The van der Waals surface area contributed by atoms with Crippen LogP contribution in [0, 0.1) is 0 Å². The van der Waals surface area contributed by atoms with Gasteiger partial charge in [0.05, 0.1) is 10.0 Å². The number of aromatic nitrogens is 1. The Morgan fingerprint density at radius 2 is 2.21 bits per heavy atom. The molecule has 0 radical (unpaired) electrons. The average molecular weight is 298 g/mol. The summed E-state index contributed by atoms with van der Waals surface area (Å²) in [6.45, 7) is 2.08. The molecule has 0 aliphatic heterocycles. The lowest BCUT2D eigenvalue weighted by atomic mass is 10.3. The monoisotopic (exact) mass is 296 g/mol. The van der Waals surface area contributed by atoms with E-state index in [1.807, 2.05) is 11.9 Å². The number of hydrogen-bond donors (Lipinski definition) is 0. The summed E-state index contributed by atoms with van der Waals surface area (Å²) >= 11 is 15.2. The molecule has 5 heteroatoms. The third kappa shape index (κ3) is 2.75. The highest BCUT2D eigenvalue weighted by molar-refractivity contribution is 9.09. The smallest absolute Gasteiger partial charge is 0.147 e. The average Bonchev–Trinajstić information content (AvgIpc) is 2.15. The summed E-state index contributed by atoms with van der Waals surface area (Å²) < 4.78 is 0. The van der Waals surface area contributed by atoms with Crippen molar-refractivity contribution in [2.24, 2.45) is 0 Å². The molecule has 0 saturated carbocycles. The van der Waals surface area contributed by atoms with Gasteiger partial charge in [0, 0.05) is 24.6 Å². The summed E-state index contributed by atoms with van der Waals surface area (Å²) in [6.07, 6.45) is 1.60. The molecule has 78 valence electrons. The topological polar surface area (TPSA) is 16.1 Å². The second kappa shape index (κ2) is 5.19. The van der Waals surface area contributed by atoms with Gasteiger partial charge in [-0.05, 0) is 13.0 Å². The van der Waals surface area contributed by atoms with Crippen molar-refractivity contribution in [1.82, 2.24) is 4.98 Å². The molecule has 0 spiro atoms. The van der Waals surface area contributed by atoms with E-state index in [2.05, 4.69) is 27.8 Å². The van der Waals surface area contributed by atoms with Crippen molar-refractivity contribution in [3.8, 4) is 0 Å². The Labute approximate surface area is 102 Å². The minimum absolute atomic E-state index is 0.334. The van der Waals surface area contributed by atoms with E-state index >= 15 is 0 Å². The molecule has 0 aliphatic rings. The molecule has 1 atom stereocenters. The summed E-state index contributed by atoms with van der Waals surface area (Å²) in [5, 5.41) is 2.00. The molecule has 0 saturated heterocycles. The summed E-state index contributed by atoms with van der Waals surface area (Å²) in [5.41, 5.74) is 0. The number of nitrogens with zero attached hydrogens (tertiary/aromatic N) is 2. The Balaban J connectivity index is 2.95. The molecular weight excluding hydrogens is 287 g/mol. The quantitative estimate of drug-likeness (QED) is 0.793. The van der Waals surface area contributed by atoms with Gasteiger partial charge in [-0.15, -0.1) is 0 Å². The summed E-state index contributed by atoms with van der Waals surface area (Å²) in [5.74, 6) is 0.753. The second-order valence-corrected chi connectivity index (χ2v) is 4.56. The van der Waals surface area contributed by atoms with E-state index in [0.29, 0.717) is 16.1 Å². The zero-order valence-corrected chi connectivity index (χ0v) is 11.1. The largest absolute Gasteiger partial charge is 0.355 e. The Morgan fingerprint density at radius 1 is 1.57 bits per heavy atom. The van der Waals surface area contributed by atoms with E-state index in [0.717, 1.165) is 11.1 Å². The SMILES string of the molecule is CC(CBr)N(C)c1ncc(Cl)cc1Cl. The third-order valence-corrected chi connectivity index (χ3v) is 3.43. The van der Waals surface area contributed by atoms with Crippen LogP contribution < -0.4 is 4.90 Å². The van der Waals surface area contributed by atoms with Gasteiger partial charge >= 0.3 is 0 Å². The molecular formula is C9H11BrCl2N2. The maximum atomic E-state index is 6.02. The maximum Gasteiger partial charge on any atom is 0.147 e. The number of rotatable bonds is 3. The van der Waals surface area contributed by atoms with Gasteiger partial charge in [0.1, 0.15) is 5.82 Å². The first-order valence-electron chi connectivity index (χ1n) is 4.16. The van der Waals surface area contributed by atoms with Gasteiger partial charge in [-0.25, -0.2) is 4.98 Å². The van der Waals surface area contributed by atoms with Gasteiger partial charge < -0.3 is 4.90 Å². The van der Waals surface area contributed by atoms with Crippen LogP contribution in [-0.4, -0.2) is 23.4 Å². The van der Waals surface area contributed by atoms with Gasteiger partial charge in [0.2, 0.25) is 0 Å². The fourth-order valence-electron chi connectivity index (χ4n) is 0.979. The Morgan fingerprint density at radius 3 is 2.71 bits per heavy atom. The van der Waals surface area contributed by atoms with Crippen LogP contribution in [0.5, 0.6) is 0 Å². The summed E-state index contributed by atoms with van der Waals surface area (Å²) in [6, 6.07) is 2.03. The zero-order chi connectivity index (χ0) is 10.7. The van der Waals surface area contributed by atoms with Crippen LogP contribution in [0.1, 0.15) is 6.92 Å². The lowest BCUT2D eigenvalue weighted by molar-refractivity contribution is 0.757. The predicted octanol–water partition coefficient (Wildman–Crippen LogP) is 3.61. The first-order chi connectivity index (χ1) is 6.56. The molecule has 14 heavy (non-hydrogen) atoms. The molecule has 2 nitrogen and oxygen atoms in total. The highest BCUT2D eigenvalue weighted by Gasteiger charge is 2.13. The Kier molecular flexibility index (Phi) is 4.48. The van der Waals surface area contributed by atoms with Crippen molar-refractivity contribution in [2.45, 2.75) is 13.0 Å². The highest BCUT2D eigenvalue weighted by atomic mass is 79.9. The molecule has 1 heterocycles. The third-order valence-electron chi connectivity index (χ3n) is 2.01. The van der Waals surface area contributed by atoms with Crippen molar-refractivity contribution in [1.29, 1.82) is 0 Å². The molecule has 1 rings (SSSR count). The minimum atomic E-state index is 0.334. The van der Waals surface area contributed by atoms with Crippen molar-refractivity contribution >= 4 is 44.9 Å². The van der Waals surface area contributed by atoms with Crippen molar-refractivity contribution < 1.29 is 0 Å². The second-order valence-electron chi connectivity index (χ2n) is 3.07. The lowest BCUT2D eigenvalue weighted by Crippen LogP contribution is -2.30. The maximum absolute atomic E-state index is 6.02. The van der Waals surface area contributed by atoms with Crippen LogP contribution in [0.2, 0.25) is 10.0 Å². The van der Waals surface area contributed by atoms with E-state index in [1.54, 1.807) is 12.3 Å². The number of halogens is 3. The van der Waals surface area contributed by atoms with Crippen LogP contribution in [0.25, 0.3) is 0 Å². The Bertz CT molecular complexity index is 320. The summed E-state index contributed by atoms with van der Waals surface area (Å²) in [4.78, 5) is 6.20. The molecule has 0 bridgehead atoms. The van der Waals surface area contributed by atoms with Crippen LogP contribution in [0.3, 0.4) is 0 Å². The van der Waals surface area contributed by atoms with E-state index < -0.39 is 0 Å². The van der Waals surface area contributed by atoms with Crippen LogP contribution in [0.15, 0.2) is 12.3 Å². The standard InChI is InChI=1S/C9H11BrCl2N2/c1-6(4-10)14(2)9-8(12)3-7(11)5-13-9/h3,5-6H,4H2,1-2H3. The van der Waals surface area contributed by atoms with E-state index in [-0.39, 0.29) is 0 Å². The first kappa shape index (κ1) is 12.1. The summed E-state index contributed by atoms with van der Waals surface area (Å²) in [7, 11) is 1.95. The van der Waals surface area contributed by atoms with Crippen molar-refractivity contribution in [3.63, 3.8) is 0 Å².